The Morgan fingerprint density at radius 2 is 1.83 bits per heavy atom. The summed E-state index contributed by atoms with van der Waals surface area (Å²) in [4.78, 5) is 2.59. The van der Waals surface area contributed by atoms with Crippen molar-refractivity contribution in [2.45, 2.75) is 52.7 Å². The van der Waals surface area contributed by atoms with E-state index in [-0.39, 0.29) is 5.54 Å². The number of aryl methyl sites for hydroxylation is 2. The molecule has 1 unspecified atom stereocenters. The summed E-state index contributed by atoms with van der Waals surface area (Å²) >= 11 is 0. The van der Waals surface area contributed by atoms with E-state index in [1.165, 1.54) is 16.7 Å². The van der Waals surface area contributed by atoms with Crippen molar-refractivity contribution in [1.29, 1.82) is 0 Å². The van der Waals surface area contributed by atoms with E-state index in [1.807, 2.05) is 0 Å². The SMILES string of the molecule is Cc1cc(C)cc(CN2CC(C)(C)NCC2C)c1. The molecule has 0 amide bonds. The molecule has 2 nitrogen and oxygen atoms in total. The Kier molecular flexibility index (Phi) is 3.79. The van der Waals surface area contributed by atoms with Crippen LogP contribution in [0.4, 0.5) is 0 Å². The molecule has 1 fully saturated rings. The highest BCUT2D eigenvalue weighted by Gasteiger charge is 2.29. The second-order valence-electron chi connectivity index (χ2n) is 6.51. The van der Waals surface area contributed by atoms with Gasteiger partial charge in [-0.3, -0.25) is 4.90 Å². The summed E-state index contributed by atoms with van der Waals surface area (Å²) < 4.78 is 0. The van der Waals surface area contributed by atoms with Crippen LogP contribution in [0.2, 0.25) is 0 Å². The van der Waals surface area contributed by atoms with Crippen LogP contribution in [0.3, 0.4) is 0 Å². The Hall–Kier alpha value is -0.860. The van der Waals surface area contributed by atoms with Crippen molar-refractivity contribution in [3.63, 3.8) is 0 Å². The molecule has 2 rings (SSSR count). The molecule has 1 aliphatic heterocycles. The van der Waals surface area contributed by atoms with E-state index in [0.29, 0.717) is 6.04 Å². The van der Waals surface area contributed by atoms with Crippen LogP contribution in [0, 0.1) is 13.8 Å². The average molecular weight is 246 g/mol. The monoisotopic (exact) mass is 246 g/mol. The van der Waals surface area contributed by atoms with Crippen LogP contribution in [0.25, 0.3) is 0 Å². The van der Waals surface area contributed by atoms with Gasteiger partial charge in [0.1, 0.15) is 0 Å². The molecular formula is C16H26N2. The van der Waals surface area contributed by atoms with Gasteiger partial charge in [0.2, 0.25) is 0 Å². The number of nitrogens with zero attached hydrogens (tertiary/aromatic N) is 1. The van der Waals surface area contributed by atoms with Crippen molar-refractivity contribution in [2.24, 2.45) is 0 Å². The van der Waals surface area contributed by atoms with Gasteiger partial charge < -0.3 is 5.32 Å². The Balaban J connectivity index is 2.12. The molecule has 0 aromatic heterocycles. The lowest BCUT2D eigenvalue weighted by molar-refractivity contribution is 0.0977. The highest BCUT2D eigenvalue weighted by Crippen LogP contribution is 2.19. The van der Waals surface area contributed by atoms with Crippen LogP contribution >= 0.6 is 0 Å². The first-order valence-corrected chi connectivity index (χ1v) is 6.92. The van der Waals surface area contributed by atoms with Gasteiger partial charge >= 0.3 is 0 Å². The predicted octanol–water partition coefficient (Wildman–Crippen LogP) is 2.88. The zero-order valence-electron chi connectivity index (χ0n) is 12.4. The molecule has 0 radical (unpaired) electrons. The maximum atomic E-state index is 3.60. The summed E-state index contributed by atoms with van der Waals surface area (Å²) in [7, 11) is 0. The number of hydrogen-bond donors (Lipinski definition) is 1. The summed E-state index contributed by atoms with van der Waals surface area (Å²) in [5.74, 6) is 0. The van der Waals surface area contributed by atoms with Crippen LogP contribution < -0.4 is 5.32 Å². The second kappa shape index (κ2) is 5.02. The summed E-state index contributed by atoms with van der Waals surface area (Å²) in [6.45, 7) is 14.5. The van der Waals surface area contributed by atoms with E-state index >= 15 is 0 Å². The third kappa shape index (κ3) is 3.33. The molecule has 1 saturated heterocycles. The Morgan fingerprint density at radius 1 is 1.22 bits per heavy atom. The van der Waals surface area contributed by atoms with Crippen molar-refractivity contribution >= 4 is 0 Å². The smallest absolute Gasteiger partial charge is 0.0253 e. The van der Waals surface area contributed by atoms with Gasteiger partial charge in [0.25, 0.3) is 0 Å². The van der Waals surface area contributed by atoms with Crippen LogP contribution in [-0.2, 0) is 6.54 Å². The summed E-state index contributed by atoms with van der Waals surface area (Å²) in [5.41, 5.74) is 4.40. The van der Waals surface area contributed by atoms with Crippen molar-refractivity contribution in [3.8, 4) is 0 Å². The standard InChI is InChI=1S/C16H26N2/c1-12-6-13(2)8-15(7-12)10-18-11-16(4,5)17-9-14(18)3/h6-8,14,17H,9-11H2,1-5H3. The van der Waals surface area contributed by atoms with Gasteiger partial charge in [-0.2, -0.15) is 0 Å². The van der Waals surface area contributed by atoms with E-state index in [9.17, 15) is 0 Å². The first-order valence-electron chi connectivity index (χ1n) is 6.92. The van der Waals surface area contributed by atoms with Crippen LogP contribution in [0.1, 0.15) is 37.5 Å². The van der Waals surface area contributed by atoms with Gasteiger partial charge in [0.05, 0.1) is 0 Å². The molecular weight excluding hydrogens is 220 g/mol. The molecule has 1 N–H and O–H groups in total. The zero-order valence-corrected chi connectivity index (χ0v) is 12.4. The predicted molar refractivity (Wildman–Crippen MR) is 77.9 cm³/mol. The van der Waals surface area contributed by atoms with Crippen LogP contribution in [0.5, 0.6) is 0 Å². The maximum Gasteiger partial charge on any atom is 0.0253 e. The van der Waals surface area contributed by atoms with Gasteiger partial charge in [0.15, 0.2) is 0 Å². The minimum absolute atomic E-state index is 0.228. The third-order valence-electron chi connectivity index (χ3n) is 3.76. The van der Waals surface area contributed by atoms with Gasteiger partial charge in [-0.25, -0.2) is 0 Å². The normalized spacial score (nSPS) is 24.2. The fourth-order valence-corrected chi connectivity index (χ4v) is 2.88. The highest BCUT2D eigenvalue weighted by molar-refractivity contribution is 5.28. The van der Waals surface area contributed by atoms with E-state index in [1.54, 1.807) is 0 Å². The first kappa shape index (κ1) is 13.6. The summed E-state index contributed by atoms with van der Waals surface area (Å²) in [6, 6.07) is 7.48. The lowest BCUT2D eigenvalue weighted by Gasteiger charge is -2.43. The molecule has 0 spiro atoms. The van der Waals surface area contributed by atoms with Crippen molar-refractivity contribution in [2.75, 3.05) is 13.1 Å². The highest BCUT2D eigenvalue weighted by atomic mass is 15.2. The molecule has 0 saturated carbocycles. The molecule has 2 heteroatoms. The van der Waals surface area contributed by atoms with E-state index in [4.69, 9.17) is 0 Å². The van der Waals surface area contributed by atoms with Crippen molar-refractivity contribution in [3.05, 3.63) is 34.9 Å². The van der Waals surface area contributed by atoms with Crippen LogP contribution in [-0.4, -0.2) is 29.6 Å². The molecule has 100 valence electrons. The number of hydrogen-bond acceptors (Lipinski definition) is 2. The molecule has 18 heavy (non-hydrogen) atoms. The van der Waals surface area contributed by atoms with Crippen molar-refractivity contribution < 1.29 is 0 Å². The largest absolute Gasteiger partial charge is 0.309 e. The first-order chi connectivity index (χ1) is 8.35. The Labute approximate surface area is 111 Å². The lowest BCUT2D eigenvalue weighted by atomic mass is 9.98. The topological polar surface area (TPSA) is 15.3 Å². The number of benzene rings is 1. The van der Waals surface area contributed by atoms with Gasteiger partial charge in [-0.15, -0.1) is 0 Å². The van der Waals surface area contributed by atoms with E-state index < -0.39 is 0 Å². The fourth-order valence-electron chi connectivity index (χ4n) is 2.88. The van der Waals surface area contributed by atoms with E-state index in [0.717, 1.165) is 19.6 Å². The molecule has 0 aliphatic carbocycles. The lowest BCUT2D eigenvalue weighted by Crippen LogP contribution is -2.60. The molecule has 1 aromatic carbocycles. The molecule has 1 atom stereocenters. The van der Waals surface area contributed by atoms with Crippen molar-refractivity contribution in [1.82, 2.24) is 10.2 Å². The molecule has 1 aliphatic rings. The van der Waals surface area contributed by atoms with E-state index in [2.05, 4.69) is 63.0 Å². The van der Waals surface area contributed by atoms with Gasteiger partial charge in [-0.1, -0.05) is 29.3 Å². The molecule has 0 bridgehead atoms. The van der Waals surface area contributed by atoms with Gasteiger partial charge in [0, 0.05) is 31.2 Å². The number of rotatable bonds is 2. The quantitative estimate of drug-likeness (QED) is 0.863. The summed E-state index contributed by atoms with van der Waals surface area (Å²) in [5, 5.41) is 3.60. The number of nitrogens with one attached hydrogen (secondary N) is 1. The minimum Gasteiger partial charge on any atom is -0.309 e. The summed E-state index contributed by atoms with van der Waals surface area (Å²) in [6.07, 6.45) is 0. The zero-order chi connectivity index (χ0) is 13.3. The Morgan fingerprint density at radius 3 is 2.44 bits per heavy atom. The maximum absolute atomic E-state index is 3.60. The van der Waals surface area contributed by atoms with Gasteiger partial charge in [-0.05, 0) is 40.2 Å². The Bertz CT molecular complexity index is 403. The molecule has 1 aromatic rings. The minimum atomic E-state index is 0.228. The molecule has 1 heterocycles. The third-order valence-corrected chi connectivity index (χ3v) is 3.76. The second-order valence-corrected chi connectivity index (χ2v) is 6.51. The number of piperazine rings is 1. The van der Waals surface area contributed by atoms with Crippen LogP contribution in [0.15, 0.2) is 18.2 Å². The average Bonchev–Trinajstić information content (AvgIpc) is 2.22. The fraction of sp³-hybridized carbons (Fsp3) is 0.625.